The number of hydrogen-bond acceptors (Lipinski definition) is 3. The Morgan fingerprint density at radius 2 is 1.78 bits per heavy atom. The maximum atomic E-state index is 11.5. The molecule has 1 saturated heterocycles. The van der Waals surface area contributed by atoms with E-state index in [2.05, 4.69) is 5.32 Å². The van der Waals surface area contributed by atoms with Gasteiger partial charge in [0.15, 0.2) is 0 Å². The lowest BCUT2D eigenvalue weighted by Crippen LogP contribution is -2.52. The topological polar surface area (TPSA) is 41.5 Å². The molecule has 1 aliphatic rings. The standard InChI is InChI=1S/C18H19Cl2NO2/c19-15-7-4-8-16(20)14(15)11-18(22,13-5-2-1-3-6-13)17-12-21-9-10-23-17/h1-8,17,21-22H,9-12H2/t17-,18+/m0/s1. The van der Waals surface area contributed by atoms with E-state index in [4.69, 9.17) is 27.9 Å². The summed E-state index contributed by atoms with van der Waals surface area (Å²) >= 11 is 12.6. The average molecular weight is 352 g/mol. The fourth-order valence-corrected chi connectivity index (χ4v) is 3.50. The molecule has 2 aromatic rings. The Bertz CT molecular complexity index is 639. The molecule has 1 fully saturated rings. The van der Waals surface area contributed by atoms with Crippen LogP contribution in [-0.4, -0.2) is 30.9 Å². The first-order valence-corrected chi connectivity index (χ1v) is 8.40. The SMILES string of the molecule is O[C@](Cc1c(Cl)cccc1Cl)(c1ccccc1)[C@@H]1CNCCO1. The van der Waals surface area contributed by atoms with Crippen molar-refractivity contribution >= 4 is 23.2 Å². The van der Waals surface area contributed by atoms with Gasteiger partial charge in [-0.15, -0.1) is 0 Å². The van der Waals surface area contributed by atoms with Gasteiger partial charge in [-0.05, 0) is 23.3 Å². The number of ether oxygens (including phenoxy) is 1. The highest BCUT2D eigenvalue weighted by atomic mass is 35.5. The molecule has 2 N–H and O–H groups in total. The first-order chi connectivity index (χ1) is 11.1. The number of rotatable bonds is 4. The molecule has 0 radical (unpaired) electrons. The Morgan fingerprint density at radius 3 is 2.39 bits per heavy atom. The third-order valence-electron chi connectivity index (χ3n) is 4.24. The maximum absolute atomic E-state index is 11.5. The lowest BCUT2D eigenvalue weighted by Gasteiger charge is -2.39. The van der Waals surface area contributed by atoms with Gasteiger partial charge in [0, 0.05) is 29.6 Å². The van der Waals surface area contributed by atoms with Crippen molar-refractivity contribution in [3.63, 3.8) is 0 Å². The molecule has 0 spiro atoms. The Kier molecular flexibility index (Phi) is 5.24. The fourth-order valence-electron chi connectivity index (χ4n) is 2.97. The molecular weight excluding hydrogens is 333 g/mol. The summed E-state index contributed by atoms with van der Waals surface area (Å²) in [5, 5.41) is 15.9. The molecule has 3 rings (SSSR count). The molecule has 2 aromatic carbocycles. The monoisotopic (exact) mass is 351 g/mol. The maximum Gasteiger partial charge on any atom is 0.121 e. The second-order valence-corrected chi connectivity index (χ2v) is 6.55. The van der Waals surface area contributed by atoms with Crippen molar-refractivity contribution in [2.45, 2.75) is 18.1 Å². The number of benzene rings is 2. The smallest absolute Gasteiger partial charge is 0.121 e. The van der Waals surface area contributed by atoms with Crippen LogP contribution in [0.25, 0.3) is 0 Å². The zero-order chi connectivity index (χ0) is 16.3. The van der Waals surface area contributed by atoms with Gasteiger partial charge in [-0.25, -0.2) is 0 Å². The third kappa shape index (κ3) is 3.54. The summed E-state index contributed by atoms with van der Waals surface area (Å²) in [4.78, 5) is 0. The molecule has 1 aliphatic heterocycles. The van der Waals surface area contributed by atoms with E-state index in [1.165, 1.54) is 0 Å². The molecule has 122 valence electrons. The van der Waals surface area contributed by atoms with Gasteiger partial charge in [-0.3, -0.25) is 0 Å². The van der Waals surface area contributed by atoms with E-state index >= 15 is 0 Å². The molecule has 0 saturated carbocycles. The summed E-state index contributed by atoms with van der Waals surface area (Å²) < 4.78 is 5.85. The number of hydrogen-bond donors (Lipinski definition) is 2. The van der Waals surface area contributed by atoms with Crippen molar-refractivity contribution in [1.82, 2.24) is 5.32 Å². The Morgan fingerprint density at radius 1 is 1.09 bits per heavy atom. The van der Waals surface area contributed by atoms with E-state index in [0.29, 0.717) is 29.6 Å². The molecule has 3 nitrogen and oxygen atoms in total. The highest BCUT2D eigenvalue weighted by molar-refractivity contribution is 6.36. The van der Waals surface area contributed by atoms with E-state index < -0.39 is 5.60 Å². The molecule has 5 heteroatoms. The van der Waals surface area contributed by atoms with Crippen LogP contribution in [0, 0.1) is 0 Å². The minimum absolute atomic E-state index is 0.294. The average Bonchev–Trinajstić information content (AvgIpc) is 2.60. The van der Waals surface area contributed by atoms with Gasteiger partial charge in [-0.2, -0.15) is 0 Å². The van der Waals surface area contributed by atoms with Crippen LogP contribution in [0.5, 0.6) is 0 Å². The Hall–Kier alpha value is -1.10. The van der Waals surface area contributed by atoms with Crippen molar-refractivity contribution in [2.75, 3.05) is 19.7 Å². The Balaban J connectivity index is 2.01. The van der Waals surface area contributed by atoms with Gasteiger partial charge in [0.2, 0.25) is 0 Å². The van der Waals surface area contributed by atoms with Crippen LogP contribution in [0.1, 0.15) is 11.1 Å². The molecule has 0 aromatic heterocycles. The zero-order valence-electron chi connectivity index (χ0n) is 12.6. The predicted molar refractivity (Wildman–Crippen MR) is 93.1 cm³/mol. The molecule has 1 heterocycles. The predicted octanol–water partition coefficient (Wildman–Crippen LogP) is 3.41. The van der Waals surface area contributed by atoms with Gasteiger partial charge in [0.05, 0.1) is 6.61 Å². The Labute approximate surface area is 146 Å². The van der Waals surface area contributed by atoms with E-state index in [0.717, 1.165) is 17.7 Å². The van der Waals surface area contributed by atoms with Crippen LogP contribution in [0.4, 0.5) is 0 Å². The van der Waals surface area contributed by atoms with Crippen LogP contribution in [0.2, 0.25) is 10.0 Å². The number of halogens is 2. The number of nitrogens with one attached hydrogen (secondary N) is 1. The van der Waals surface area contributed by atoms with Crippen LogP contribution in [-0.2, 0) is 16.8 Å². The summed E-state index contributed by atoms with van der Waals surface area (Å²) in [5.74, 6) is 0. The largest absolute Gasteiger partial charge is 0.382 e. The summed E-state index contributed by atoms with van der Waals surface area (Å²) in [6.07, 6.45) is -0.0759. The second-order valence-electron chi connectivity index (χ2n) is 5.73. The van der Waals surface area contributed by atoms with Gasteiger partial charge in [-0.1, -0.05) is 59.6 Å². The quantitative estimate of drug-likeness (QED) is 0.886. The molecule has 0 amide bonds. The molecule has 2 atom stereocenters. The summed E-state index contributed by atoms with van der Waals surface area (Å²) in [6, 6.07) is 14.9. The number of morpholine rings is 1. The van der Waals surface area contributed by atoms with Crippen LogP contribution in [0.3, 0.4) is 0 Å². The van der Waals surface area contributed by atoms with E-state index in [1.54, 1.807) is 18.2 Å². The van der Waals surface area contributed by atoms with Gasteiger partial charge in [0.1, 0.15) is 11.7 Å². The van der Waals surface area contributed by atoms with Gasteiger partial charge in [0.25, 0.3) is 0 Å². The highest BCUT2D eigenvalue weighted by Gasteiger charge is 2.41. The zero-order valence-corrected chi connectivity index (χ0v) is 14.1. The van der Waals surface area contributed by atoms with E-state index in [-0.39, 0.29) is 6.10 Å². The van der Waals surface area contributed by atoms with Crippen LogP contribution in [0.15, 0.2) is 48.5 Å². The van der Waals surface area contributed by atoms with Gasteiger partial charge >= 0.3 is 0 Å². The molecule has 0 bridgehead atoms. The van der Waals surface area contributed by atoms with Gasteiger partial charge < -0.3 is 15.2 Å². The molecule has 0 unspecified atom stereocenters. The third-order valence-corrected chi connectivity index (χ3v) is 4.95. The molecule has 23 heavy (non-hydrogen) atoms. The minimum Gasteiger partial charge on any atom is -0.382 e. The van der Waals surface area contributed by atoms with Crippen molar-refractivity contribution in [3.05, 3.63) is 69.7 Å². The normalized spacial score (nSPS) is 20.9. The molecule has 0 aliphatic carbocycles. The first kappa shape index (κ1) is 16.7. The molecular formula is C18H19Cl2NO2. The summed E-state index contributed by atoms with van der Waals surface area (Å²) in [6.45, 7) is 1.93. The first-order valence-electron chi connectivity index (χ1n) is 7.64. The summed E-state index contributed by atoms with van der Waals surface area (Å²) in [7, 11) is 0. The van der Waals surface area contributed by atoms with E-state index in [1.807, 2.05) is 30.3 Å². The lowest BCUT2D eigenvalue weighted by molar-refractivity contribution is -0.124. The van der Waals surface area contributed by atoms with Crippen molar-refractivity contribution in [1.29, 1.82) is 0 Å². The summed E-state index contributed by atoms with van der Waals surface area (Å²) in [5.41, 5.74) is 0.324. The van der Waals surface area contributed by atoms with Crippen molar-refractivity contribution in [2.24, 2.45) is 0 Å². The van der Waals surface area contributed by atoms with Crippen LogP contribution < -0.4 is 5.32 Å². The second kappa shape index (κ2) is 7.20. The van der Waals surface area contributed by atoms with Crippen molar-refractivity contribution in [3.8, 4) is 0 Å². The minimum atomic E-state index is -1.21. The van der Waals surface area contributed by atoms with Crippen molar-refractivity contribution < 1.29 is 9.84 Å². The fraction of sp³-hybridized carbons (Fsp3) is 0.333. The van der Waals surface area contributed by atoms with Crippen LogP contribution >= 0.6 is 23.2 Å². The number of aliphatic hydroxyl groups is 1. The highest BCUT2D eigenvalue weighted by Crippen LogP contribution is 2.36. The lowest BCUT2D eigenvalue weighted by atomic mass is 9.82. The van der Waals surface area contributed by atoms with E-state index in [9.17, 15) is 5.11 Å².